The van der Waals surface area contributed by atoms with Gasteiger partial charge in [0.05, 0.1) is 0 Å². The van der Waals surface area contributed by atoms with Crippen LogP contribution in [0.15, 0.2) is 11.4 Å². The fourth-order valence-electron chi connectivity index (χ4n) is 2.30. The quantitative estimate of drug-likeness (QED) is 0.877. The molecule has 2 N–H and O–H groups in total. The average Bonchev–Trinajstić information content (AvgIpc) is 2.64. The van der Waals surface area contributed by atoms with E-state index in [4.69, 9.17) is 5.73 Å². The van der Waals surface area contributed by atoms with Crippen molar-refractivity contribution in [2.75, 3.05) is 13.1 Å². The summed E-state index contributed by atoms with van der Waals surface area (Å²) in [5.74, 6) is 0. The smallest absolute Gasteiger partial charge is 0.0331 e. The second-order valence-electron chi connectivity index (χ2n) is 5.50. The molecule has 0 saturated carbocycles. The zero-order chi connectivity index (χ0) is 11.8. The number of nitrogens with zero attached hydrogens (tertiary/aromatic N) is 1. The summed E-state index contributed by atoms with van der Waals surface area (Å²) in [5.41, 5.74) is 7.53. The van der Waals surface area contributed by atoms with Crippen LogP contribution in [0.3, 0.4) is 0 Å². The van der Waals surface area contributed by atoms with E-state index in [9.17, 15) is 0 Å². The summed E-state index contributed by atoms with van der Waals surface area (Å²) < 4.78 is 0. The first kappa shape index (κ1) is 12.1. The van der Waals surface area contributed by atoms with Crippen molar-refractivity contribution in [2.45, 2.75) is 45.2 Å². The normalized spacial score (nSPS) is 22.1. The Hall–Kier alpha value is -0.380. The van der Waals surface area contributed by atoms with E-state index in [1.165, 1.54) is 18.5 Å². The zero-order valence-corrected chi connectivity index (χ0v) is 11.3. The molecule has 1 atom stereocenters. The third kappa shape index (κ3) is 2.65. The van der Waals surface area contributed by atoms with Gasteiger partial charge in [0, 0.05) is 29.5 Å². The number of thiophene rings is 1. The van der Waals surface area contributed by atoms with E-state index in [0.717, 1.165) is 13.0 Å². The van der Waals surface area contributed by atoms with Crippen LogP contribution in [0.1, 0.15) is 43.7 Å². The molecule has 0 fully saturated rings. The van der Waals surface area contributed by atoms with E-state index in [-0.39, 0.29) is 5.54 Å². The second-order valence-corrected chi connectivity index (χ2v) is 6.50. The van der Waals surface area contributed by atoms with E-state index in [1.54, 1.807) is 4.88 Å². The molecule has 1 aromatic rings. The molecular formula is C13H22N2S. The molecule has 0 amide bonds. The Morgan fingerprint density at radius 1 is 1.56 bits per heavy atom. The molecular weight excluding hydrogens is 216 g/mol. The molecule has 3 heteroatoms. The lowest BCUT2D eigenvalue weighted by Gasteiger charge is -2.35. The first-order chi connectivity index (χ1) is 7.47. The minimum atomic E-state index is -0.0470. The maximum absolute atomic E-state index is 6.05. The molecule has 1 unspecified atom stereocenters. The fourth-order valence-corrected chi connectivity index (χ4v) is 3.26. The van der Waals surface area contributed by atoms with Crippen LogP contribution < -0.4 is 5.73 Å². The van der Waals surface area contributed by atoms with Gasteiger partial charge in [0.25, 0.3) is 0 Å². The standard InChI is InChI=1S/C13H22N2S/c1-10-11-5-9-16-12(11)4-7-15(10)8-6-13(2,3)14/h5,9-10H,4,6-8,14H2,1-3H3. The van der Waals surface area contributed by atoms with Gasteiger partial charge in [0.15, 0.2) is 0 Å². The first-order valence-corrected chi connectivity index (χ1v) is 6.94. The topological polar surface area (TPSA) is 29.3 Å². The number of hydrogen-bond acceptors (Lipinski definition) is 3. The highest BCUT2D eigenvalue weighted by atomic mass is 32.1. The van der Waals surface area contributed by atoms with Crippen molar-refractivity contribution < 1.29 is 0 Å². The minimum absolute atomic E-state index is 0.0470. The largest absolute Gasteiger partial charge is 0.326 e. The summed E-state index contributed by atoms with van der Waals surface area (Å²) in [6, 6.07) is 2.85. The average molecular weight is 238 g/mol. The van der Waals surface area contributed by atoms with Gasteiger partial charge in [-0.3, -0.25) is 4.90 Å². The van der Waals surface area contributed by atoms with Crippen LogP contribution in [0.2, 0.25) is 0 Å². The van der Waals surface area contributed by atoms with Crippen molar-refractivity contribution in [1.29, 1.82) is 0 Å². The summed E-state index contributed by atoms with van der Waals surface area (Å²) in [5, 5.41) is 2.22. The monoisotopic (exact) mass is 238 g/mol. The summed E-state index contributed by atoms with van der Waals surface area (Å²) in [4.78, 5) is 4.14. The van der Waals surface area contributed by atoms with Crippen LogP contribution in [0.4, 0.5) is 0 Å². The first-order valence-electron chi connectivity index (χ1n) is 6.06. The van der Waals surface area contributed by atoms with Crippen LogP contribution >= 0.6 is 11.3 Å². The van der Waals surface area contributed by atoms with Crippen LogP contribution in [-0.2, 0) is 6.42 Å². The predicted octanol–water partition coefficient (Wildman–Crippen LogP) is 2.79. The van der Waals surface area contributed by atoms with Crippen molar-refractivity contribution in [2.24, 2.45) is 5.73 Å². The molecule has 0 saturated heterocycles. The number of nitrogens with two attached hydrogens (primary N) is 1. The van der Waals surface area contributed by atoms with Gasteiger partial charge in [-0.05, 0) is 50.6 Å². The van der Waals surface area contributed by atoms with Crippen LogP contribution in [-0.4, -0.2) is 23.5 Å². The molecule has 0 spiro atoms. The lowest BCUT2D eigenvalue weighted by atomic mass is 9.98. The van der Waals surface area contributed by atoms with Crippen molar-refractivity contribution in [3.63, 3.8) is 0 Å². The molecule has 1 aromatic heterocycles. The molecule has 0 radical (unpaired) electrons. The molecule has 2 heterocycles. The molecule has 90 valence electrons. The predicted molar refractivity (Wildman–Crippen MR) is 70.9 cm³/mol. The Kier molecular flexibility index (Phi) is 3.38. The Bertz CT molecular complexity index is 351. The van der Waals surface area contributed by atoms with Gasteiger partial charge in [-0.2, -0.15) is 0 Å². The van der Waals surface area contributed by atoms with Gasteiger partial charge in [0.2, 0.25) is 0 Å². The lowest BCUT2D eigenvalue weighted by Crippen LogP contribution is -2.40. The molecule has 1 aliphatic heterocycles. The summed E-state index contributed by atoms with van der Waals surface area (Å²) in [6.07, 6.45) is 2.28. The molecule has 0 bridgehead atoms. The zero-order valence-electron chi connectivity index (χ0n) is 10.5. The van der Waals surface area contributed by atoms with Crippen LogP contribution in [0.25, 0.3) is 0 Å². The number of rotatable bonds is 3. The minimum Gasteiger partial charge on any atom is -0.326 e. The highest BCUT2D eigenvalue weighted by molar-refractivity contribution is 7.10. The van der Waals surface area contributed by atoms with Gasteiger partial charge >= 0.3 is 0 Å². The van der Waals surface area contributed by atoms with Crippen LogP contribution in [0.5, 0.6) is 0 Å². The Morgan fingerprint density at radius 2 is 2.31 bits per heavy atom. The van der Waals surface area contributed by atoms with Crippen molar-refractivity contribution in [3.8, 4) is 0 Å². The molecule has 16 heavy (non-hydrogen) atoms. The fraction of sp³-hybridized carbons (Fsp3) is 0.692. The summed E-state index contributed by atoms with van der Waals surface area (Å²) in [7, 11) is 0. The van der Waals surface area contributed by atoms with Crippen molar-refractivity contribution in [3.05, 3.63) is 21.9 Å². The molecule has 0 aromatic carbocycles. The lowest BCUT2D eigenvalue weighted by molar-refractivity contribution is 0.184. The number of fused-ring (bicyclic) bond motifs is 1. The molecule has 0 aliphatic carbocycles. The van der Waals surface area contributed by atoms with Crippen LogP contribution in [0, 0.1) is 0 Å². The summed E-state index contributed by atoms with van der Waals surface area (Å²) in [6.45, 7) is 8.83. The molecule has 2 rings (SSSR count). The van der Waals surface area contributed by atoms with Gasteiger partial charge in [-0.25, -0.2) is 0 Å². The van der Waals surface area contributed by atoms with E-state index in [1.807, 2.05) is 11.3 Å². The third-order valence-electron chi connectivity index (χ3n) is 3.45. The maximum Gasteiger partial charge on any atom is 0.0331 e. The Morgan fingerprint density at radius 3 is 3.00 bits per heavy atom. The van der Waals surface area contributed by atoms with Crippen molar-refractivity contribution in [1.82, 2.24) is 4.90 Å². The maximum atomic E-state index is 6.05. The molecule has 1 aliphatic rings. The molecule has 2 nitrogen and oxygen atoms in total. The highest BCUT2D eigenvalue weighted by Gasteiger charge is 2.25. The van der Waals surface area contributed by atoms with E-state index in [0.29, 0.717) is 6.04 Å². The third-order valence-corrected chi connectivity index (χ3v) is 4.44. The van der Waals surface area contributed by atoms with Gasteiger partial charge < -0.3 is 5.73 Å². The van der Waals surface area contributed by atoms with Gasteiger partial charge in [-0.15, -0.1) is 11.3 Å². The summed E-state index contributed by atoms with van der Waals surface area (Å²) >= 11 is 1.90. The number of hydrogen-bond donors (Lipinski definition) is 1. The van der Waals surface area contributed by atoms with Crippen molar-refractivity contribution >= 4 is 11.3 Å². The van der Waals surface area contributed by atoms with E-state index in [2.05, 4.69) is 37.1 Å². The SMILES string of the molecule is CC1c2ccsc2CCN1CCC(C)(C)N. The van der Waals surface area contributed by atoms with Gasteiger partial charge in [-0.1, -0.05) is 0 Å². The Labute approximate surface area is 102 Å². The van der Waals surface area contributed by atoms with E-state index < -0.39 is 0 Å². The Balaban J connectivity index is 1.99. The highest BCUT2D eigenvalue weighted by Crippen LogP contribution is 2.32. The van der Waals surface area contributed by atoms with E-state index >= 15 is 0 Å². The second kappa shape index (κ2) is 4.47. The van der Waals surface area contributed by atoms with Gasteiger partial charge in [0.1, 0.15) is 0 Å².